The molecule has 0 radical (unpaired) electrons. The third kappa shape index (κ3) is 7.52. The maximum Gasteiger partial charge on any atom is 0.338 e. The summed E-state index contributed by atoms with van der Waals surface area (Å²) >= 11 is 0. The molecule has 0 atom stereocenters. The lowest BCUT2D eigenvalue weighted by atomic mass is 10.1. The van der Waals surface area contributed by atoms with Crippen LogP contribution in [0.3, 0.4) is 0 Å². The van der Waals surface area contributed by atoms with Crippen LogP contribution < -0.4 is 4.74 Å². The number of hydrogen-bond donors (Lipinski definition) is 0. The minimum atomic E-state index is -0.515. The summed E-state index contributed by atoms with van der Waals surface area (Å²) in [5.74, 6) is 0.284. The van der Waals surface area contributed by atoms with Gasteiger partial charge in [-0.15, -0.1) is 0 Å². The fourth-order valence-corrected chi connectivity index (χ4v) is 1.49. The number of ether oxygens (including phenoxy) is 3. The molecule has 0 amide bonds. The van der Waals surface area contributed by atoms with E-state index in [1.807, 2.05) is 20.8 Å². The Morgan fingerprint density at radius 1 is 1.18 bits per heavy atom. The largest absolute Gasteiger partial charge is 0.491 e. The maximum absolute atomic E-state index is 11.8. The van der Waals surface area contributed by atoms with E-state index >= 15 is 0 Å². The Morgan fingerprint density at radius 3 is 2.45 bits per heavy atom. The molecule has 120 valence electrons. The molecule has 7 nitrogen and oxygen atoms in total. The molecule has 0 bridgehead atoms. The Kier molecular flexibility index (Phi) is 7.22. The van der Waals surface area contributed by atoms with Crippen LogP contribution in [-0.2, 0) is 9.47 Å². The Bertz CT molecular complexity index is 517. The van der Waals surface area contributed by atoms with Crippen molar-refractivity contribution in [1.29, 1.82) is 0 Å². The zero-order valence-corrected chi connectivity index (χ0v) is 13.1. The van der Waals surface area contributed by atoms with Gasteiger partial charge in [0.15, 0.2) is 0 Å². The maximum atomic E-state index is 11.8. The van der Waals surface area contributed by atoms with Crippen molar-refractivity contribution in [2.75, 3.05) is 26.4 Å². The van der Waals surface area contributed by atoms with E-state index in [1.54, 1.807) is 24.3 Å². The summed E-state index contributed by atoms with van der Waals surface area (Å²) in [5, 5.41) is 3.35. The lowest BCUT2D eigenvalue weighted by Gasteiger charge is -2.19. The van der Waals surface area contributed by atoms with Crippen LogP contribution in [0.15, 0.2) is 29.4 Å². The summed E-state index contributed by atoms with van der Waals surface area (Å²) in [6, 6.07) is 6.73. The standard InChI is InChI=1S/C15H21N3O4/c1-15(2,3)22-14(19)12-4-6-13(7-5-12)21-11-10-20-9-8-17-18-16/h4-7H,8-11H2,1-3H3. The molecule has 0 saturated carbocycles. The van der Waals surface area contributed by atoms with Crippen molar-refractivity contribution < 1.29 is 19.0 Å². The van der Waals surface area contributed by atoms with Crippen LogP contribution >= 0.6 is 0 Å². The van der Waals surface area contributed by atoms with Crippen molar-refractivity contribution in [2.45, 2.75) is 26.4 Å². The third-order valence-electron chi connectivity index (χ3n) is 2.38. The minimum absolute atomic E-state index is 0.307. The van der Waals surface area contributed by atoms with Crippen molar-refractivity contribution in [3.05, 3.63) is 40.3 Å². The van der Waals surface area contributed by atoms with Crippen molar-refractivity contribution in [1.82, 2.24) is 0 Å². The van der Waals surface area contributed by atoms with Gasteiger partial charge < -0.3 is 14.2 Å². The third-order valence-corrected chi connectivity index (χ3v) is 2.38. The van der Waals surface area contributed by atoms with Crippen molar-refractivity contribution in [3.63, 3.8) is 0 Å². The van der Waals surface area contributed by atoms with Gasteiger partial charge in [-0.25, -0.2) is 4.79 Å². The molecule has 0 unspecified atom stereocenters. The SMILES string of the molecule is CC(C)(C)OC(=O)c1ccc(OCCOCCN=[N+]=[N-])cc1. The van der Waals surface area contributed by atoms with Crippen LogP contribution in [0.2, 0.25) is 0 Å². The van der Waals surface area contributed by atoms with Gasteiger partial charge in [0, 0.05) is 11.5 Å². The fourth-order valence-electron chi connectivity index (χ4n) is 1.49. The Morgan fingerprint density at radius 2 is 1.86 bits per heavy atom. The van der Waals surface area contributed by atoms with Gasteiger partial charge >= 0.3 is 5.97 Å². The molecule has 0 saturated heterocycles. The van der Waals surface area contributed by atoms with Crippen LogP contribution in [0.1, 0.15) is 31.1 Å². The molecule has 0 spiro atoms. The molecule has 1 rings (SSSR count). The highest BCUT2D eigenvalue weighted by Gasteiger charge is 2.17. The number of hydrogen-bond acceptors (Lipinski definition) is 5. The summed E-state index contributed by atoms with van der Waals surface area (Å²) in [7, 11) is 0. The van der Waals surface area contributed by atoms with E-state index < -0.39 is 5.60 Å². The molecule has 1 aromatic carbocycles. The van der Waals surface area contributed by atoms with Crippen LogP contribution in [0.4, 0.5) is 0 Å². The van der Waals surface area contributed by atoms with Gasteiger partial charge in [-0.05, 0) is 50.6 Å². The summed E-state index contributed by atoms with van der Waals surface area (Å²) < 4.78 is 16.0. The lowest BCUT2D eigenvalue weighted by Crippen LogP contribution is -2.23. The second-order valence-corrected chi connectivity index (χ2v) is 5.44. The van der Waals surface area contributed by atoms with E-state index in [4.69, 9.17) is 19.7 Å². The van der Waals surface area contributed by atoms with E-state index in [2.05, 4.69) is 10.0 Å². The second-order valence-electron chi connectivity index (χ2n) is 5.44. The first-order chi connectivity index (χ1) is 10.4. The van der Waals surface area contributed by atoms with E-state index in [0.717, 1.165) is 0 Å². The highest BCUT2D eigenvalue weighted by Crippen LogP contribution is 2.16. The first kappa shape index (κ1) is 17.8. The Balaban J connectivity index is 2.33. The van der Waals surface area contributed by atoms with Crippen molar-refractivity contribution in [3.8, 4) is 5.75 Å². The molecule has 1 aromatic rings. The van der Waals surface area contributed by atoms with Gasteiger partial charge in [0.25, 0.3) is 0 Å². The predicted octanol–water partition coefficient (Wildman–Crippen LogP) is 3.35. The van der Waals surface area contributed by atoms with E-state index in [-0.39, 0.29) is 5.97 Å². The normalized spacial score (nSPS) is 10.7. The number of carbonyl (C=O) groups excluding carboxylic acids is 1. The molecule has 0 heterocycles. The number of rotatable bonds is 8. The van der Waals surface area contributed by atoms with Gasteiger partial charge in [-0.3, -0.25) is 0 Å². The molecule has 22 heavy (non-hydrogen) atoms. The van der Waals surface area contributed by atoms with Crippen LogP contribution in [0.5, 0.6) is 5.75 Å². The summed E-state index contributed by atoms with van der Waals surface area (Å²) in [6.07, 6.45) is 0. The van der Waals surface area contributed by atoms with Crippen molar-refractivity contribution >= 4 is 5.97 Å². The lowest BCUT2D eigenvalue weighted by molar-refractivity contribution is 0.00695. The molecule has 0 fully saturated rings. The number of azide groups is 1. The quantitative estimate of drug-likeness (QED) is 0.242. The first-order valence-electron chi connectivity index (χ1n) is 6.97. The number of benzene rings is 1. The Labute approximate surface area is 129 Å². The molecular weight excluding hydrogens is 286 g/mol. The highest BCUT2D eigenvalue weighted by molar-refractivity contribution is 5.89. The fraction of sp³-hybridized carbons (Fsp3) is 0.533. The van der Waals surface area contributed by atoms with E-state index in [9.17, 15) is 4.79 Å². The minimum Gasteiger partial charge on any atom is -0.491 e. The monoisotopic (exact) mass is 307 g/mol. The van der Waals surface area contributed by atoms with Crippen LogP contribution in [0.25, 0.3) is 10.4 Å². The van der Waals surface area contributed by atoms with Gasteiger partial charge in [0.1, 0.15) is 18.0 Å². The van der Waals surface area contributed by atoms with Gasteiger partial charge in [-0.1, -0.05) is 5.11 Å². The van der Waals surface area contributed by atoms with E-state index in [0.29, 0.717) is 37.7 Å². The molecule has 0 aliphatic carbocycles. The molecular formula is C15H21N3O4. The smallest absolute Gasteiger partial charge is 0.338 e. The topological polar surface area (TPSA) is 93.5 Å². The zero-order valence-electron chi connectivity index (χ0n) is 13.1. The molecule has 0 aromatic heterocycles. The zero-order chi connectivity index (χ0) is 16.4. The second kappa shape index (κ2) is 8.92. The van der Waals surface area contributed by atoms with Crippen LogP contribution in [0, 0.1) is 0 Å². The summed E-state index contributed by atoms with van der Waals surface area (Å²) in [5.41, 5.74) is 8.05. The Hall–Kier alpha value is -2.24. The number of carbonyl (C=O) groups is 1. The average molecular weight is 307 g/mol. The van der Waals surface area contributed by atoms with Gasteiger partial charge in [0.2, 0.25) is 0 Å². The van der Waals surface area contributed by atoms with Gasteiger partial charge in [-0.2, -0.15) is 0 Å². The predicted molar refractivity (Wildman–Crippen MR) is 81.9 cm³/mol. The molecule has 0 N–H and O–H groups in total. The highest BCUT2D eigenvalue weighted by atomic mass is 16.6. The molecule has 0 aliphatic rings. The van der Waals surface area contributed by atoms with E-state index in [1.165, 1.54) is 0 Å². The molecule has 0 aliphatic heterocycles. The van der Waals surface area contributed by atoms with Gasteiger partial charge in [0.05, 0.1) is 18.8 Å². The molecule has 7 heteroatoms. The number of esters is 1. The summed E-state index contributed by atoms with van der Waals surface area (Å²) in [6.45, 7) is 6.92. The van der Waals surface area contributed by atoms with Crippen molar-refractivity contribution in [2.24, 2.45) is 5.11 Å². The summed E-state index contributed by atoms with van der Waals surface area (Å²) in [4.78, 5) is 14.5. The first-order valence-corrected chi connectivity index (χ1v) is 6.97. The van der Waals surface area contributed by atoms with Crippen LogP contribution in [-0.4, -0.2) is 37.9 Å². The average Bonchev–Trinajstić information content (AvgIpc) is 2.45. The number of nitrogens with zero attached hydrogens (tertiary/aromatic N) is 3.